The van der Waals surface area contributed by atoms with Crippen molar-refractivity contribution in [3.63, 3.8) is 0 Å². The molecule has 114 valence electrons. The average molecular weight is 299 g/mol. The first kappa shape index (κ1) is 17.0. The van der Waals surface area contributed by atoms with Crippen molar-refractivity contribution in [2.24, 2.45) is 0 Å². The van der Waals surface area contributed by atoms with Gasteiger partial charge in [-0.3, -0.25) is 0 Å². The summed E-state index contributed by atoms with van der Waals surface area (Å²) in [5.74, 6) is 1.01. The summed E-state index contributed by atoms with van der Waals surface area (Å²) < 4.78 is 28.2. The molecule has 0 fully saturated rings. The Bertz CT molecular complexity index is 500. The van der Waals surface area contributed by atoms with Crippen LogP contribution in [0, 0.1) is 0 Å². The van der Waals surface area contributed by atoms with E-state index in [1.807, 2.05) is 31.2 Å². The fraction of sp³-hybridized carbons (Fsp3) is 0.600. The van der Waals surface area contributed by atoms with E-state index in [0.29, 0.717) is 13.0 Å². The Kier molecular flexibility index (Phi) is 7.02. The number of nitrogens with one attached hydrogen (secondary N) is 1. The minimum Gasteiger partial charge on any atom is -0.494 e. The summed E-state index contributed by atoms with van der Waals surface area (Å²) in [6.45, 7) is 5.54. The number of ether oxygens (including phenoxy) is 1. The van der Waals surface area contributed by atoms with Crippen molar-refractivity contribution >= 4 is 9.84 Å². The van der Waals surface area contributed by atoms with Crippen molar-refractivity contribution in [2.45, 2.75) is 32.7 Å². The topological polar surface area (TPSA) is 55.4 Å². The molecule has 0 aromatic heterocycles. The van der Waals surface area contributed by atoms with Gasteiger partial charge in [0, 0.05) is 12.3 Å². The highest BCUT2D eigenvalue weighted by Gasteiger charge is 2.14. The molecule has 1 N–H and O–H groups in total. The van der Waals surface area contributed by atoms with Gasteiger partial charge in [-0.1, -0.05) is 19.1 Å². The van der Waals surface area contributed by atoms with Gasteiger partial charge in [0.2, 0.25) is 0 Å². The Labute approximate surface area is 122 Å². The third-order valence-corrected chi connectivity index (χ3v) is 3.97. The Morgan fingerprint density at radius 2 is 2.05 bits per heavy atom. The number of benzene rings is 1. The molecule has 4 nitrogen and oxygen atoms in total. The molecular formula is C15H25NO3S. The van der Waals surface area contributed by atoms with Crippen LogP contribution in [0.25, 0.3) is 0 Å². The highest BCUT2D eigenvalue weighted by atomic mass is 32.2. The van der Waals surface area contributed by atoms with E-state index in [1.165, 1.54) is 6.26 Å². The van der Waals surface area contributed by atoms with Crippen molar-refractivity contribution in [3.05, 3.63) is 29.8 Å². The predicted octanol–water partition coefficient (Wildman–Crippen LogP) is 2.56. The maximum atomic E-state index is 11.4. The van der Waals surface area contributed by atoms with E-state index >= 15 is 0 Å². The maximum absolute atomic E-state index is 11.4. The van der Waals surface area contributed by atoms with Gasteiger partial charge in [-0.15, -0.1) is 0 Å². The Hall–Kier alpha value is -1.07. The predicted molar refractivity (Wildman–Crippen MR) is 83.0 cm³/mol. The molecule has 5 heteroatoms. The summed E-state index contributed by atoms with van der Waals surface area (Å²) in [6.07, 6.45) is 2.87. The maximum Gasteiger partial charge on any atom is 0.147 e. The Balaban J connectivity index is 2.82. The molecule has 0 saturated carbocycles. The summed E-state index contributed by atoms with van der Waals surface area (Å²) >= 11 is 0. The van der Waals surface area contributed by atoms with Crippen molar-refractivity contribution in [1.82, 2.24) is 5.32 Å². The first-order valence-electron chi connectivity index (χ1n) is 7.10. The summed E-state index contributed by atoms with van der Waals surface area (Å²) in [5.41, 5.74) is 1.08. The highest BCUT2D eigenvalue weighted by Crippen LogP contribution is 2.22. The van der Waals surface area contributed by atoms with E-state index in [9.17, 15) is 8.42 Å². The molecule has 0 saturated heterocycles. The van der Waals surface area contributed by atoms with E-state index < -0.39 is 9.84 Å². The summed E-state index contributed by atoms with van der Waals surface area (Å²) in [5, 5.41) is 3.41. The second-order valence-corrected chi connectivity index (χ2v) is 7.19. The molecule has 1 atom stereocenters. The average Bonchev–Trinajstić information content (AvgIpc) is 2.38. The third kappa shape index (κ3) is 6.39. The fourth-order valence-corrected chi connectivity index (χ4v) is 2.69. The van der Waals surface area contributed by atoms with Gasteiger partial charge in [-0.2, -0.15) is 0 Å². The van der Waals surface area contributed by atoms with Crippen molar-refractivity contribution < 1.29 is 13.2 Å². The molecular weight excluding hydrogens is 274 g/mol. The second kappa shape index (κ2) is 8.27. The van der Waals surface area contributed by atoms with Crippen LogP contribution in [0.4, 0.5) is 0 Å². The minimum atomic E-state index is -2.94. The van der Waals surface area contributed by atoms with E-state index in [2.05, 4.69) is 12.2 Å². The van der Waals surface area contributed by atoms with Crippen LogP contribution in [0.1, 0.15) is 38.3 Å². The lowest BCUT2D eigenvalue weighted by Crippen LogP contribution is -2.24. The molecule has 20 heavy (non-hydrogen) atoms. The molecule has 1 unspecified atom stereocenters. The van der Waals surface area contributed by atoms with E-state index in [0.717, 1.165) is 24.3 Å². The molecule has 0 heterocycles. The van der Waals surface area contributed by atoms with Gasteiger partial charge in [0.25, 0.3) is 0 Å². The summed E-state index contributed by atoms with van der Waals surface area (Å²) in [4.78, 5) is 0. The molecule has 0 bridgehead atoms. The van der Waals surface area contributed by atoms with Crippen LogP contribution >= 0.6 is 0 Å². The van der Waals surface area contributed by atoms with Gasteiger partial charge in [-0.25, -0.2) is 8.42 Å². The normalized spacial score (nSPS) is 13.2. The molecule has 1 rings (SSSR count). The van der Waals surface area contributed by atoms with Crippen LogP contribution in [0.5, 0.6) is 5.75 Å². The molecule has 0 amide bonds. The van der Waals surface area contributed by atoms with Crippen LogP contribution < -0.4 is 10.1 Å². The zero-order chi connectivity index (χ0) is 15.0. The van der Waals surface area contributed by atoms with Crippen LogP contribution in [-0.4, -0.2) is 33.6 Å². The molecule has 0 aliphatic heterocycles. The number of hydrogen-bond acceptors (Lipinski definition) is 4. The molecule has 1 aromatic rings. The van der Waals surface area contributed by atoms with Crippen LogP contribution in [0.15, 0.2) is 24.3 Å². The highest BCUT2D eigenvalue weighted by molar-refractivity contribution is 7.90. The van der Waals surface area contributed by atoms with Crippen LogP contribution in [-0.2, 0) is 9.84 Å². The zero-order valence-electron chi connectivity index (χ0n) is 12.6. The first-order chi connectivity index (χ1) is 9.46. The smallest absolute Gasteiger partial charge is 0.147 e. The second-order valence-electron chi connectivity index (χ2n) is 4.93. The summed E-state index contributed by atoms with van der Waals surface area (Å²) in [6, 6.07) is 7.91. The van der Waals surface area contributed by atoms with E-state index in [-0.39, 0.29) is 11.8 Å². The standard InChI is InChI=1S/C15H25NO3S/c1-4-10-16-15(9-11-20(3,17)18)13-7-6-8-14(12-13)19-5-2/h6-8,12,15-16H,4-5,9-11H2,1-3H3. The lowest BCUT2D eigenvalue weighted by atomic mass is 10.0. The Morgan fingerprint density at radius 3 is 2.65 bits per heavy atom. The molecule has 0 aliphatic carbocycles. The van der Waals surface area contributed by atoms with Gasteiger partial charge >= 0.3 is 0 Å². The lowest BCUT2D eigenvalue weighted by molar-refractivity contribution is 0.339. The van der Waals surface area contributed by atoms with Gasteiger partial charge < -0.3 is 10.1 Å². The lowest BCUT2D eigenvalue weighted by Gasteiger charge is -2.19. The van der Waals surface area contributed by atoms with Crippen molar-refractivity contribution in [3.8, 4) is 5.75 Å². The third-order valence-electron chi connectivity index (χ3n) is 2.99. The van der Waals surface area contributed by atoms with Crippen molar-refractivity contribution in [1.29, 1.82) is 0 Å². The first-order valence-corrected chi connectivity index (χ1v) is 9.16. The minimum absolute atomic E-state index is 0.0464. The number of sulfone groups is 1. The van der Waals surface area contributed by atoms with Gasteiger partial charge in [0.15, 0.2) is 0 Å². The van der Waals surface area contributed by atoms with Gasteiger partial charge in [-0.05, 0) is 44.0 Å². The van der Waals surface area contributed by atoms with Crippen molar-refractivity contribution in [2.75, 3.05) is 25.2 Å². The summed E-state index contributed by atoms with van der Waals surface area (Å²) in [7, 11) is -2.94. The Morgan fingerprint density at radius 1 is 1.30 bits per heavy atom. The quantitative estimate of drug-likeness (QED) is 0.761. The van der Waals surface area contributed by atoms with E-state index in [1.54, 1.807) is 0 Å². The van der Waals surface area contributed by atoms with E-state index in [4.69, 9.17) is 4.74 Å². The number of hydrogen-bond donors (Lipinski definition) is 1. The molecule has 1 aromatic carbocycles. The number of rotatable bonds is 9. The van der Waals surface area contributed by atoms with Crippen LogP contribution in [0.2, 0.25) is 0 Å². The van der Waals surface area contributed by atoms with Crippen LogP contribution in [0.3, 0.4) is 0 Å². The van der Waals surface area contributed by atoms with Gasteiger partial charge in [0.05, 0.1) is 12.4 Å². The monoisotopic (exact) mass is 299 g/mol. The molecule has 0 aliphatic rings. The SMILES string of the molecule is CCCNC(CCS(C)(=O)=O)c1cccc(OCC)c1. The fourth-order valence-electron chi connectivity index (χ4n) is 2.02. The zero-order valence-corrected chi connectivity index (χ0v) is 13.4. The molecule has 0 radical (unpaired) electrons. The largest absolute Gasteiger partial charge is 0.494 e. The molecule has 0 spiro atoms. The van der Waals surface area contributed by atoms with Gasteiger partial charge in [0.1, 0.15) is 15.6 Å².